The lowest BCUT2D eigenvalue weighted by atomic mass is 10.2. The molecule has 2 aromatic carbocycles. The molecule has 2 nitrogen and oxygen atoms in total. The van der Waals surface area contributed by atoms with E-state index >= 15 is 0 Å². The standard InChI is InChI=1S/C13H10BrFO2/c14-12-6-1-9(7-13(12)16)8-17-11-4-2-10(15)3-5-11/h1-7,16H,8H2. The van der Waals surface area contributed by atoms with Crippen molar-refractivity contribution >= 4 is 15.9 Å². The molecule has 88 valence electrons. The van der Waals surface area contributed by atoms with Crippen molar-refractivity contribution in [3.05, 3.63) is 58.3 Å². The molecule has 0 saturated carbocycles. The second-order valence-corrected chi connectivity index (χ2v) is 4.38. The molecule has 0 radical (unpaired) electrons. The summed E-state index contributed by atoms with van der Waals surface area (Å²) in [5, 5.41) is 9.48. The highest BCUT2D eigenvalue weighted by Crippen LogP contribution is 2.25. The highest BCUT2D eigenvalue weighted by atomic mass is 79.9. The number of halogens is 2. The first-order chi connectivity index (χ1) is 8.15. The SMILES string of the molecule is Oc1cc(COc2ccc(F)cc2)ccc1Br. The highest BCUT2D eigenvalue weighted by Gasteiger charge is 2.01. The van der Waals surface area contributed by atoms with Gasteiger partial charge in [0.25, 0.3) is 0 Å². The van der Waals surface area contributed by atoms with Gasteiger partial charge in [-0.15, -0.1) is 0 Å². The number of ether oxygens (including phenoxy) is 1. The first-order valence-electron chi connectivity index (χ1n) is 5.01. The minimum absolute atomic E-state index is 0.171. The van der Waals surface area contributed by atoms with Gasteiger partial charge in [-0.05, 0) is 57.9 Å². The summed E-state index contributed by atoms with van der Waals surface area (Å²) in [6.45, 7) is 0.326. The topological polar surface area (TPSA) is 29.5 Å². The molecule has 0 spiro atoms. The number of hydrogen-bond donors (Lipinski definition) is 1. The number of aromatic hydroxyl groups is 1. The zero-order valence-electron chi connectivity index (χ0n) is 8.86. The molecule has 0 aliphatic heterocycles. The molecular weight excluding hydrogens is 287 g/mol. The van der Waals surface area contributed by atoms with Gasteiger partial charge in [-0.25, -0.2) is 4.39 Å². The average molecular weight is 297 g/mol. The number of phenols is 1. The van der Waals surface area contributed by atoms with E-state index in [2.05, 4.69) is 15.9 Å². The molecule has 0 aliphatic rings. The van der Waals surface area contributed by atoms with Gasteiger partial charge in [-0.1, -0.05) is 6.07 Å². The van der Waals surface area contributed by atoms with Crippen LogP contribution in [-0.4, -0.2) is 5.11 Å². The van der Waals surface area contributed by atoms with E-state index < -0.39 is 0 Å². The van der Waals surface area contributed by atoms with Crippen molar-refractivity contribution in [3.63, 3.8) is 0 Å². The van der Waals surface area contributed by atoms with Crippen LogP contribution in [0.2, 0.25) is 0 Å². The van der Waals surface area contributed by atoms with E-state index in [1.54, 1.807) is 24.3 Å². The summed E-state index contributed by atoms with van der Waals surface area (Å²) < 4.78 is 18.7. The van der Waals surface area contributed by atoms with Crippen LogP contribution in [0.4, 0.5) is 4.39 Å². The summed E-state index contributed by atoms with van der Waals surface area (Å²) in [6.07, 6.45) is 0. The van der Waals surface area contributed by atoms with Gasteiger partial charge in [-0.2, -0.15) is 0 Å². The summed E-state index contributed by atoms with van der Waals surface area (Å²) >= 11 is 3.20. The van der Waals surface area contributed by atoms with Crippen molar-refractivity contribution in [2.24, 2.45) is 0 Å². The molecule has 0 unspecified atom stereocenters. The smallest absolute Gasteiger partial charge is 0.130 e. The van der Waals surface area contributed by atoms with Gasteiger partial charge >= 0.3 is 0 Å². The Morgan fingerprint density at radius 1 is 1.12 bits per heavy atom. The summed E-state index contributed by atoms with van der Waals surface area (Å²) in [6, 6.07) is 11.0. The van der Waals surface area contributed by atoms with Crippen LogP contribution in [0.15, 0.2) is 46.9 Å². The first kappa shape index (κ1) is 11.9. The van der Waals surface area contributed by atoms with E-state index in [1.165, 1.54) is 12.1 Å². The lowest BCUT2D eigenvalue weighted by Crippen LogP contribution is -1.95. The third kappa shape index (κ3) is 3.20. The minimum atomic E-state index is -0.293. The number of benzene rings is 2. The molecule has 0 heterocycles. The molecule has 0 aromatic heterocycles. The fraction of sp³-hybridized carbons (Fsp3) is 0.0769. The van der Waals surface area contributed by atoms with Crippen LogP contribution < -0.4 is 4.74 Å². The summed E-state index contributed by atoms with van der Waals surface area (Å²) in [5.74, 6) is 0.470. The molecular formula is C13H10BrFO2. The van der Waals surface area contributed by atoms with Crippen molar-refractivity contribution in [2.45, 2.75) is 6.61 Å². The monoisotopic (exact) mass is 296 g/mol. The van der Waals surface area contributed by atoms with Gasteiger partial charge < -0.3 is 9.84 Å². The Labute approximate surface area is 107 Å². The maximum atomic E-state index is 12.7. The normalized spacial score (nSPS) is 10.2. The Bertz CT molecular complexity index is 511. The summed E-state index contributed by atoms with van der Waals surface area (Å²) in [7, 11) is 0. The van der Waals surface area contributed by atoms with Crippen molar-refractivity contribution < 1.29 is 14.2 Å². The van der Waals surface area contributed by atoms with Gasteiger partial charge in [0.15, 0.2) is 0 Å². The second kappa shape index (κ2) is 5.19. The lowest BCUT2D eigenvalue weighted by molar-refractivity contribution is 0.305. The molecule has 0 amide bonds. The van der Waals surface area contributed by atoms with Crippen LogP contribution in [0.1, 0.15) is 5.56 Å². The molecule has 0 fully saturated rings. The van der Waals surface area contributed by atoms with Gasteiger partial charge in [0.05, 0.1) is 4.47 Å². The van der Waals surface area contributed by atoms with Crippen LogP contribution in [0.25, 0.3) is 0 Å². The van der Waals surface area contributed by atoms with E-state index in [9.17, 15) is 9.50 Å². The van der Waals surface area contributed by atoms with Gasteiger partial charge in [0.1, 0.15) is 23.9 Å². The lowest BCUT2D eigenvalue weighted by Gasteiger charge is -2.07. The fourth-order valence-electron chi connectivity index (χ4n) is 1.35. The van der Waals surface area contributed by atoms with E-state index in [-0.39, 0.29) is 11.6 Å². The molecule has 4 heteroatoms. The molecule has 0 aliphatic carbocycles. The average Bonchev–Trinajstić information content (AvgIpc) is 2.33. The number of phenolic OH excluding ortho intramolecular Hbond substituents is 1. The van der Waals surface area contributed by atoms with E-state index in [4.69, 9.17) is 4.74 Å². The summed E-state index contributed by atoms with van der Waals surface area (Å²) in [4.78, 5) is 0. The van der Waals surface area contributed by atoms with Crippen LogP contribution in [0, 0.1) is 5.82 Å². The van der Waals surface area contributed by atoms with Crippen LogP contribution in [0.3, 0.4) is 0 Å². The Balaban J connectivity index is 2.02. The largest absolute Gasteiger partial charge is 0.507 e. The quantitative estimate of drug-likeness (QED) is 0.931. The number of rotatable bonds is 3. The molecule has 2 rings (SSSR count). The third-order valence-corrected chi connectivity index (χ3v) is 2.90. The summed E-state index contributed by atoms with van der Waals surface area (Å²) in [5.41, 5.74) is 0.843. The minimum Gasteiger partial charge on any atom is -0.507 e. The van der Waals surface area contributed by atoms with Crippen molar-refractivity contribution in [3.8, 4) is 11.5 Å². The molecule has 0 atom stereocenters. The Morgan fingerprint density at radius 3 is 2.47 bits per heavy atom. The third-order valence-electron chi connectivity index (χ3n) is 2.23. The predicted octanol–water partition coefficient (Wildman–Crippen LogP) is 3.87. The van der Waals surface area contributed by atoms with Gasteiger partial charge in [0, 0.05) is 0 Å². The Morgan fingerprint density at radius 2 is 1.82 bits per heavy atom. The van der Waals surface area contributed by atoms with Crippen molar-refractivity contribution in [1.29, 1.82) is 0 Å². The highest BCUT2D eigenvalue weighted by molar-refractivity contribution is 9.10. The molecule has 1 N–H and O–H groups in total. The molecule has 2 aromatic rings. The van der Waals surface area contributed by atoms with Gasteiger partial charge in [-0.3, -0.25) is 0 Å². The van der Waals surface area contributed by atoms with Crippen molar-refractivity contribution in [1.82, 2.24) is 0 Å². The number of hydrogen-bond acceptors (Lipinski definition) is 2. The van der Waals surface area contributed by atoms with Crippen LogP contribution >= 0.6 is 15.9 Å². The van der Waals surface area contributed by atoms with Gasteiger partial charge in [0.2, 0.25) is 0 Å². The van der Waals surface area contributed by atoms with E-state index in [0.717, 1.165) is 5.56 Å². The van der Waals surface area contributed by atoms with Crippen LogP contribution in [0.5, 0.6) is 11.5 Å². The van der Waals surface area contributed by atoms with E-state index in [1.807, 2.05) is 6.07 Å². The zero-order chi connectivity index (χ0) is 12.3. The molecule has 17 heavy (non-hydrogen) atoms. The fourth-order valence-corrected chi connectivity index (χ4v) is 1.59. The van der Waals surface area contributed by atoms with Crippen molar-refractivity contribution in [2.75, 3.05) is 0 Å². The predicted molar refractivity (Wildman–Crippen MR) is 66.5 cm³/mol. The van der Waals surface area contributed by atoms with E-state index in [0.29, 0.717) is 16.8 Å². The maximum absolute atomic E-state index is 12.7. The maximum Gasteiger partial charge on any atom is 0.130 e. The zero-order valence-corrected chi connectivity index (χ0v) is 10.4. The Hall–Kier alpha value is -1.55. The second-order valence-electron chi connectivity index (χ2n) is 3.53. The van der Waals surface area contributed by atoms with Crippen LogP contribution in [-0.2, 0) is 6.61 Å². The Kier molecular flexibility index (Phi) is 3.64. The first-order valence-corrected chi connectivity index (χ1v) is 5.80. The molecule has 0 bridgehead atoms. The molecule has 0 saturated heterocycles.